The molecule has 1 aromatic rings. The van der Waals surface area contributed by atoms with Crippen LogP contribution in [-0.4, -0.2) is 0 Å². The van der Waals surface area contributed by atoms with Crippen molar-refractivity contribution in [3.63, 3.8) is 0 Å². The quantitative estimate of drug-likeness (QED) is 0.557. The van der Waals surface area contributed by atoms with Gasteiger partial charge in [-0.25, -0.2) is 0 Å². The summed E-state index contributed by atoms with van der Waals surface area (Å²) >= 11 is 1.80. The summed E-state index contributed by atoms with van der Waals surface area (Å²) in [6, 6.07) is 2.22. The standard InChI is InChI=1S/C10H10S/c1-3-10(4-5-10)9-6-8(2)7-11-9/h1,6-7H,4-5H2,2H3. The smallest absolute Gasteiger partial charge is 0.0654 e. The fraction of sp³-hybridized carbons (Fsp3) is 0.400. The summed E-state index contributed by atoms with van der Waals surface area (Å²) in [5, 5.41) is 2.17. The van der Waals surface area contributed by atoms with Crippen LogP contribution >= 0.6 is 11.3 Å². The molecular formula is C10H10S. The van der Waals surface area contributed by atoms with E-state index in [0.717, 1.165) is 0 Å². The van der Waals surface area contributed by atoms with Crippen molar-refractivity contribution >= 4 is 11.3 Å². The molecule has 1 saturated carbocycles. The van der Waals surface area contributed by atoms with Crippen molar-refractivity contribution in [3.05, 3.63) is 21.9 Å². The van der Waals surface area contributed by atoms with E-state index < -0.39 is 0 Å². The average molecular weight is 162 g/mol. The highest BCUT2D eigenvalue weighted by atomic mass is 32.1. The normalized spacial score (nSPS) is 19.3. The Morgan fingerprint density at radius 3 is 2.73 bits per heavy atom. The lowest BCUT2D eigenvalue weighted by atomic mass is 10.1. The van der Waals surface area contributed by atoms with Gasteiger partial charge in [-0.15, -0.1) is 17.8 Å². The van der Waals surface area contributed by atoms with Crippen LogP contribution in [-0.2, 0) is 5.41 Å². The van der Waals surface area contributed by atoms with Gasteiger partial charge in [0.1, 0.15) is 0 Å². The minimum atomic E-state index is 0.152. The molecule has 0 spiro atoms. The summed E-state index contributed by atoms with van der Waals surface area (Å²) in [6.45, 7) is 2.12. The Morgan fingerprint density at radius 1 is 1.64 bits per heavy atom. The molecule has 0 amide bonds. The zero-order chi connectivity index (χ0) is 7.90. The minimum Gasteiger partial charge on any atom is -0.147 e. The lowest BCUT2D eigenvalue weighted by molar-refractivity contribution is 0.960. The maximum Gasteiger partial charge on any atom is 0.0654 e. The predicted molar refractivity (Wildman–Crippen MR) is 48.8 cm³/mol. The van der Waals surface area contributed by atoms with E-state index >= 15 is 0 Å². The third kappa shape index (κ3) is 0.985. The van der Waals surface area contributed by atoms with Crippen LogP contribution in [0.3, 0.4) is 0 Å². The van der Waals surface area contributed by atoms with Crippen molar-refractivity contribution in [3.8, 4) is 12.3 Å². The van der Waals surface area contributed by atoms with Gasteiger partial charge in [-0.1, -0.05) is 5.92 Å². The molecule has 1 aliphatic carbocycles. The van der Waals surface area contributed by atoms with E-state index in [1.165, 1.54) is 23.3 Å². The summed E-state index contributed by atoms with van der Waals surface area (Å²) in [5.74, 6) is 2.89. The molecule has 11 heavy (non-hydrogen) atoms. The Morgan fingerprint density at radius 2 is 2.36 bits per heavy atom. The van der Waals surface area contributed by atoms with Gasteiger partial charge in [-0.2, -0.15) is 0 Å². The monoisotopic (exact) mass is 162 g/mol. The molecule has 0 atom stereocenters. The van der Waals surface area contributed by atoms with Crippen LogP contribution in [0.2, 0.25) is 0 Å². The summed E-state index contributed by atoms with van der Waals surface area (Å²) in [4.78, 5) is 1.39. The summed E-state index contributed by atoms with van der Waals surface area (Å²) in [7, 11) is 0. The Kier molecular flexibility index (Phi) is 1.34. The van der Waals surface area contributed by atoms with Crippen molar-refractivity contribution in [2.24, 2.45) is 0 Å². The second-order valence-corrected chi connectivity index (χ2v) is 4.13. The molecule has 0 nitrogen and oxygen atoms in total. The van der Waals surface area contributed by atoms with E-state index in [1.54, 1.807) is 11.3 Å². The number of rotatable bonds is 1. The molecule has 0 bridgehead atoms. The lowest BCUT2D eigenvalue weighted by Gasteiger charge is -2.00. The topological polar surface area (TPSA) is 0 Å². The van der Waals surface area contributed by atoms with Crippen LogP contribution in [0.5, 0.6) is 0 Å². The Labute approximate surface area is 71.3 Å². The first-order chi connectivity index (χ1) is 5.27. The van der Waals surface area contributed by atoms with Gasteiger partial charge in [0.2, 0.25) is 0 Å². The molecule has 0 radical (unpaired) electrons. The van der Waals surface area contributed by atoms with E-state index in [-0.39, 0.29) is 5.41 Å². The molecule has 2 rings (SSSR count). The molecule has 0 aliphatic heterocycles. The maximum absolute atomic E-state index is 5.47. The molecule has 0 N–H and O–H groups in total. The number of terminal acetylenes is 1. The summed E-state index contributed by atoms with van der Waals surface area (Å²) in [6.07, 6.45) is 7.83. The molecule has 1 aliphatic rings. The van der Waals surface area contributed by atoms with Crippen molar-refractivity contribution in [2.75, 3.05) is 0 Å². The van der Waals surface area contributed by atoms with Gasteiger partial charge in [0.15, 0.2) is 0 Å². The van der Waals surface area contributed by atoms with Gasteiger partial charge < -0.3 is 0 Å². The van der Waals surface area contributed by atoms with Gasteiger partial charge in [0, 0.05) is 4.88 Å². The van der Waals surface area contributed by atoms with Crippen LogP contribution in [0.25, 0.3) is 0 Å². The average Bonchev–Trinajstić information content (AvgIpc) is 2.70. The largest absolute Gasteiger partial charge is 0.147 e. The fourth-order valence-corrected chi connectivity index (χ4v) is 2.39. The van der Waals surface area contributed by atoms with E-state index in [0.29, 0.717) is 0 Å². The van der Waals surface area contributed by atoms with E-state index in [2.05, 4.69) is 24.3 Å². The molecule has 0 unspecified atom stereocenters. The van der Waals surface area contributed by atoms with Gasteiger partial charge in [-0.3, -0.25) is 0 Å². The second kappa shape index (κ2) is 2.12. The van der Waals surface area contributed by atoms with Crippen molar-refractivity contribution in [2.45, 2.75) is 25.2 Å². The van der Waals surface area contributed by atoms with Crippen LogP contribution in [0.4, 0.5) is 0 Å². The maximum atomic E-state index is 5.47. The van der Waals surface area contributed by atoms with Crippen molar-refractivity contribution in [1.82, 2.24) is 0 Å². The Bertz CT molecular complexity index is 310. The number of thiophene rings is 1. The van der Waals surface area contributed by atoms with Crippen molar-refractivity contribution < 1.29 is 0 Å². The molecule has 1 heterocycles. The Hall–Kier alpha value is -0.740. The highest BCUT2D eigenvalue weighted by Gasteiger charge is 2.43. The first-order valence-corrected chi connectivity index (χ1v) is 4.68. The number of aryl methyl sites for hydroxylation is 1. The molecule has 56 valence electrons. The zero-order valence-corrected chi connectivity index (χ0v) is 7.37. The van der Waals surface area contributed by atoms with Gasteiger partial charge in [0.25, 0.3) is 0 Å². The van der Waals surface area contributed by atoms with Crippen LogP contribution < -0.4 is 0 Å². The van der Waals surface area contributed by atoms with Gasteiger partial charge >= 0.3 is 0 Å². The minimum absolute atomic E-state index is 0.152. The molecule has 0 saturated heterocycles. The second-order valence-electron chi connectivity index (χ2n) is 3.21. The SMILES string of the molecule is C#CC1(c2cc(C)cs2)CC1. The van der Waals surface area contributed by atoms with E-state index in [1.807, 2.05) is 0 Å². The Balaban J connectivity index is 2.38. The summed E-state index contributed by atoms with van der Waals surface area (Å²) in [5.41, 5.74) is 1.49. The molecule has 0 aromatic carbocycles. The molecular weight excluding hydrogens is 152 g/mol. The molecule has 1 fully saturated rings. The first-order valence-electron chi connectivity index (χ1n) is 3.80. The van der Waals surface area contributed by atoms with E-state index in [9.17, 15) is 0 Å². The highest BCUT2D eigenvalue weighted by Crippen LogP contribution is 2.49. The third-order valence-electron chi connectivity index (χ3n) is 2.23. The van der Waals surface area contributed by atoms with Crippen molar-refractivity contribution in [1.29, 1.82) is 0 Å². The van der Waals surface area contributed by atoms with Crippen LogP contribution in [0.15, 0.2) is 11.4 Å². The van der Waals surface area contributed by atoms with Crippen LogP contribution in [0, 0.1) is 19.3 Å². The molecule has 1 heteroatoms. The first kappa shape index (κ1) is 6.94. The predicted octanol–water partition coefficient (Wildman–Crippen LogP) is 2.72. The summed E-state index contributed by atoms with van der Waals surface area (Å²) < 4.78 is 0. The van der Waals surface area contributed by atoms with Gasteiger partial charge in [0.05, 0.1) is 5.41 Å². The number of hydrogen-bond acceptors (Lipinski definition) is 1. The number of hydrogen-bond donors (Lipinski definition) is 0. The highest BCUT2D eigenvalue weighted by molar-refractivity contribution is 7.10. The lowest BCUT2D eigenvalue weighted by Crippen LogP contribution is -1.97. The molecule has 1 aromatic heterocycles. The van der Waals surface area contributed by atoms with Crippen LogP contribution in [0.1, 0.15) is 23.3 Å². The third-order valence-corrected chi connectivity index (χ3v) is 3.48. The van der Waals surface area contributed by atoms with Gasteiger partial charge in [-0.05, 0) is 36.8 Å². The van der Waals surface area contributed by atoms with E-state index in [4.69, 9.17) is 6.42 Å². The zero-order valence-electron chi connectivity index (χ0n) is 6.55. The fourth-order valence-electron chi connectivity index (χ4n) is 1.27.